The van der Waals surface area contributed by atoms with Gasteiger partial charge in [0.15, 0.2) is 0 Å². The van der Waals surface area contributed by atoms with E-state index in [1.54, 1.807) is 6.92 Å². The van der Waals surface area contributed by atoms with Gasteiger partial charge in [-0.15, -0.1) is 0 Å². The van der Waals surface area contributed by atoms with Crippen LogP contribution in [0.3, 0.4) is 0 Å². The van der Waals surface area contributed by atoms with E-state index in [4.69, 9.17) is 10.5 Å². The predicted molar refractivity (Wildman–Crippen MR) is 113 cm³/mol. The molecule has 14 nitrogen and oxygen atoms in total. The number of morpholine rings is 1. The summed E-state index contributed by atoms with van der Waals surface area (Å²) in [6.45, 7) is 5.39. The lowest BCUT2D eigenvalue weighted by Crippen LogP contribution is -2.57. The Morgan fingerprint density at radius 3 is 2.21 bits per heavy atom. The van der Waals surface area contributed by atoms with Crippen LogP contribution in [0.2, 0.25) is 0 Å². The Morgan fingerprint density at radius 2 is 1.64 bits per heavy atom. The van der Waals surface area contributed by atoms with E-state index in [0.717, 1.165) is 12.2 Å². The molecule has 1 saturated heterocycles. The van der Waals surface area contributed by atoms with Gasteiger partial charge < -0.3 is 30.7 Å². The maximum absolute atomic E-state index is 12.4. The van der Waals surface area contributed by atoms with Crippen LogP contribution in [0.1, 0.15) is 20.8 Å². The van der Waals surface area contributed by atoms with Gasteiger partial charge in [-0.1, -0.05) is 0 Å². The van der Waals surface area contributed by atoms with Crippen LogP contribution in [0.15, 0.2) is 12.2 Å². The number of amides is 6. The highest BCUT2D eigenvalue weighted by atomic mass is 16.5. The molecule has 1 heterocycles. The zero-order chi connectivity index (χ0) is 25.0. The van der Waals surface area contributed by atoms with Gasteiger partial charge in [-0.25, -0.2) is 14.6 Å². The van der Waals surface area contributed by atoms with Crippen LogP contribution in [0.25, 0.3) is 0 Å². The number of primary amides is 1. The van der Waals surface area contributed by atoms with Crippen molar-refractivity contribution in [2.75, 3.05) is 39.5 Å². The first-order valence-corrected chi connectivity index (χ1v) is 10.2. The van der Waals surface area contributed by atoms with Gasteiger partial charge in [0.1, 0.15) is 18.6 Å². The fourth-order valence-electron chi connectivity index (χ4n) is 2.49. The van der Waals surface area contributed by atoms with Crippen LogP contribution in [0, 0.1) is 0 Å². The predicted octanol–water partition coefficient (Wildman–Crippen LogP) is -2.61. The Morgan fingerprint density at radius 1 is 1.03 bits per heavy atom. The number of nitrogens with zero attached hydrogens (tertiary/aromatic N) is 2. The summed E-state index contributed by atoms with van der Waals surface area (Å²) in [4.78, 5) is 73.2. The van der Waals surface area contributed by atoms with Crippen LogP contribution in [0.4, 0.5) is 4.79 Å². The van der Waals surface area contributed by atoms with Gasteiger partial charge in [-0.05, 0) is 20.8 Å². The van der Waals surface area contributed by atoms with Crippen LogP contribution >= 0.6 is 0 Å². The van der Waals surface area contributed by atoms with Gasteiger partial charge in [0.2, 0.25) is 11.8 Å². The van der Waals surface area contributed by atoms with Crippen molar-refractivity contribution in [3.63, 3.8) is 0 Å². The Hall–Kier alpha value is -3.68. The molecule has 0 spiro atoms. The van der Waals surface area contributed by atoms with Gasteiger partial charge in [0, 0.05) is 25.2 Å². The molecule has 0 aliphatic carbocycles. The molecule has 5 N–H and O–H groups in total. The van der Waals surface area contributed by atoms with E-state index in [9.17, 15) is 28.8 Å². The lowest BCUT2D eigenvalue weighted by Gasteiger charge is -2.28. The first-order chi connectivity index (χ1) is 15.5. The quantitative estimate of drug-likeness (QED) is 0.160. The van der Waals surface area contributed by atoms with Crippen molar-refractivity contribution >= 4 is 35.6 Å². The second-order valence-electron chi connectivity index (χ2n) is 6.95. The highest BCUT2D eigenvalue weighted by Crippen LogP contribution is 1.99. The topological polar surface area (TPSA) is 189 Å². The molecule has 1 rings (SSSR count). The second kappa shape index (κ2) is 13.7. The first-order valence-electron chi connectivity index (χ1n) is 10.2. The normalized spacial score (nSPS) is 15.2. The third kappa shape index (κ3) is 9.99. The molecular weight excluding hydrogens is 440 g/mol. The van der Waals surface area contributed by atoms with E-state index < -0.39 is 54.3 Å². The summed E-state index contributed by atoms with van der Waals surface area (Å²) in [6, 6.07) is -2.53. The second-order valence-corrected chi connectivity index (χ2v) is 6.95. The first kappa shape index (κ1) is 27.4. The smallest absolute Gasteiger partial charge is 0.330 e. The number of nitrogens with two attached hydrogens (primary N) is 1. The molecule has 1 fully saturated rings. The number of nitrogens with one attached hydrogen (secondary N) is 3. The molecule has 0 radical (unpaired) electrons. The third-order valence-corrected chi connectivity index (χ3v) is 4.26. The van der Waals surface area contributed by atoms with Crippen molar-refractivity contribution < 1.29 is 38.2 Å². The number of urea groups is 1. The molecule has 0 aromatic rings. The minimum Gasteiger partial charge on any atom is -0.463 e. The molecule has 1 aliphatic rings. The summed E-state index contributed by atoms with van der Waals surface area (Å²) in [6.07, 6.45) is 1.63. The van der Waals surface area contributed by atoms with Crippen molar-refractivity contribution in [3.05, 3.63) is 12.2 Å². The maximum atomic E-state index is 12.4. The van der Waals surface area contributed by atoms with Crippen molar-refractivity contribution in [1.82, 2.24) is 26.0 Å². The highest BCUT2D eigenvalue weighted by molar-refractivity contribution is 5.98. The molecule has 1 aliphatic heterocycles. The van der Waals surface area contributed by atoms with Crippen LogP contribution in [-0.2, 0) is 33.4 Å². The van der Waals surface area contributed by atoms with Gasteiger partial charge in [0.05, 0.1) is 19.8 Å². The molecule has 0 unspecified atom stereocenters. The number of esters is 1. The van der Waals surface area contributed by atoms with E-state index in [1.807, 2.05) is 0 Å². The number of ether oxygens (including phenoxy) is 2. The summed E-state index contributed by atoms with van der Waals surface area (Å²) in [7, 11) is 0. The highest BCUT2D eigenvalue weighted by Gasteiger charge is 2.25. The maximum Gasteiger partial charge on any atom is 0.330 e. The zero-order valence-electron chi connectivity index (χ0n) is 18.8. The molecule has 6 amide bonds. The molecule has 0 aromatic carbocycles. The Labute approximate surface area is 190 Å². The minimum atomic E-state index is -1.14. The van der Waals surface area contributed by atoms with Crippen molar-refractivity contribution in [2.24, 2.45) is 5.73 Å². The van der Waals surface area contributed by atoms with Crippen molar-refractivity contribution in [1.29, 1.82) is 0 Å². The van der Waals surface area contributed by atoms with Crippen LogP contribution < -0.4 is 21.8 Å². The number of hydrazine groups is 1. The Balaban J connectivity index is 2.64. The van der Waals surface area contributed by atoms with Gasteiger partial charge in [0.25, 0.3) is 11.8 Å². The zero-order valence-corrected chi connectivity index (χ0v) is 18.8. The lowest BCUT2D eigenvalue weighted by atomic mass is 10.2. The lowest BCUT2D eigenvalue weighted by molar-refractivity contribution is -0.142. The van der Waals surface area contributed by atoms with E-state index >= 15 is 0 Å². The fraction of sp³-hybridized carbons (Fsp3) is 0.579. The molecule has 0 bridgehead atoms. The number of carbonyl (C=O) groups is 6. The number of carbonyl (C=O) groups excluding carboxylic acids is 6. The fourth-order valence-corrected chi connectivity index (χ4v) is 2.49. The van der Waals surface area contributed by atoms with E-state index in [2.05, 4.69) is 20.8 Å². The van der Waals surface area contributed by atoms with E-state index in [-0.39, 0.29) is 6.61 Å². The largest absolute Gasteiger partial charge is 0.463 e. The summed E-state index contributed by atoms with van der Waals surface area (Å²) in [5, 5.41) is 5.51. The van der Waals surface area contributed by atoms with Crippen LogP contribution in [-0.4, -0.2) is 97.1 Å². The average Bonchev–Trinajstić information content (AvgIpc) is 2.77. The molecule has 14 heteroatoms. The molecular formula is C19H30N6O8. The monoisotopic (exact) mass is 470 g/mol. The van der Waals surface area contributed by atoms with Crippen molar-refractivity contribution in [2.45, 2.75) is 32.9 Å². The van der Waals surface area contributed by atoms with Gasteiger partial charge >= 0.3 is 12.0 Å². The molecule has 0 saturated carbocycles. The minimum absolute atomic E-state index is 0.0988. The molecule has 184 valence electrons. The van der Waals surface area contributed by atoms with Gasteiger partial charge in [-0.2, -0.15) is 0 Å². The molecule has 2 atom stereocenters. The summed E-state index contributed by atoms with van der Waals surface area (Å²) in [5.74, 6) is -4.11. The standard InChI is InChI=1S/C19H30N6O8/c1-4-33-16(28)6-5-15(27)25(11-14(20)26)23-18(30)13(3)21-17(29)12(2)22-19(31)24-7-9-32-10-8-24/h5-6,12-13H,4,7-11H2,1-3H3,(H2,20,26)(H,21,29)(H,22,31)(H,23,30)/b6-5+/t12-,13-/m0/s1. The third-order valence-electron chi connectivity index (χ3n) is 4.26. The number of hydrogen-bond acceptors (Lipinski definition) is 8. The summed E-state index contributed by atoms with van der Waals surface area (Å²) in [5.41, 5.74) is 7.25. The van der Waals surface area contributed by atoms with Crippen LogP contribution in [0.5, 0.6) is 0 Å². The Bertz CT molecular complexity index is 780. The summed E-state index contributed by atoms with van der Waals surface area (Å²) >= 11 is 0. The average molecular weight is 470 g/mol. The van der Waals surface area contributed by atoms with Gasteiger partial charge in [-0.3, -0.25) is 24.6 Å². The molecule has 0 aromatic heterocycles. The number of hydrogen-bond donors (Lipinski definition) is 4. The number of rotatable bonds is 9. The SMILES string of the molecule is CCOC(=O)/C=C/C(=O)N(CC(N)=O)NC(=O)[C@H](C)NC(=O)[C@H](C)NC(=O)N1CCOCC1. The van der Waals surface area contributed by atoms with E-state index in [0.29, 0.717) is 31.3 Å². The molecule has 33 heavy (non-hydrogen) atoms. The Kier molecular flexibility index (Phi) is 11.3. The van der Waals surface area contributed by atoms with E-state index in [1.165, 1.54) is 18.7 Å². The summed E-state index contributed by atoms with van der Waals surface area (Å²) < 4.78 is 9.80. The van der Waals surface area contributed by atoms with Crippen molar-refractivity contribution in [3.8, 4) is 0 Å².